The summed E-state index contributed by atoms with van der Waals surface area (Å²) in [4.78, 5) is 10.3. The van der Waals surface area contributed by atoms with Crippen LogP contribution in [0.3, 0.4) is 0 Å². The van der Waals surface area contributed by atoms with Gasteiger partial charge in [0.1, 0.15) is 6.07 Å². The molecule has 0 aliphatic heterocycles. The summed E-state index contributed by atoms with van der Waals surface area (Å²) >= 11 is 2.97. The minimum absolute atomic E-state index is 0.0256. The number of nitriles is 1. The summed E-state index contributed by atoms with van der Waals surface area (Å²) in [6, 6.07) is 2.93. The minimum atomic E-state index is -1.19. The number of rotatable bonds is 1. The van der Waals surface area contributed by atoms with Gasteiger partial charge in [0, 0.05) is 6.07 Å². The monoisotopic (exact) mass is 215 g/mol. The van der Waals surface area contributed by atoms with E-state index in [4.69, 9.17) is 10.4 Å². The topological polar surface area (TPSA) is 74.2 Å². The van der Waals surface area contributed by atoms with Crippen molar-refractivity contribution in [1.29, 1.82) is 5.26 Å². The molecule has 1 aromatic rings. The first kappa shape index (κ1) is 7.82. The fourth-order valence-corrected chi connectivity index (χ4v) is 0.928. The summed E-state index contributed by atoms with van der Waals surface area (Å²) < 4.78 is 4.98. The predicted octanol–water partition coefficient (Wildman–Crippen LogP) is 1.61. The first-order chi connectivity index (χ1) is 5.15. The Morgan fingerprint density at radius 2 is 2.45 bits per heavy atom. The summed E-state index contributed by atoms with van der Waals surface area (Å²) in [5.74, 6) is -1.46. The third-order valence-electron chi connectivity index (χ3n) is 0.999. The smallest absolute Gasteiger partial charge is 0.371 e. The molecule has 0 amide bonds. The molecule has 0 bridgehead atoms. The maximum Gasteiger partial charge on any atom is 0.371 e. The third-order valence-corrected chi connectivity index (χ3v) is 1.59. The quantitative estimate of drug-likeness (QED) is 0.773. The van der Waals surface area contributed by atoms with Gasteiger partial charge >= 0.3 is 5.97 Å². The highest BCUT2D eigenvalue weighted by molar-refractivity contribution is 9.10. The molecule has 0 atom stereocenters. The number of furan rings is 1. The van der Waals surface area contributed by atoms with E-state index < -0.39 is 5.97 Å². The van der Waals surface area contributed by atoms with Crippen molar-refractivity contribution in [3.05, 3.63) is 22.1 Å². The Bertz CT molecular complexity index is 336. The molecule has 0 radical (unpaired) electrons. The molecular weight excluding hydrogens is 214 g/mol. The zero-order chi connectivity index (χ0) is 8.43. The van der Waals surface area contributed by atoms with Crippen LogP contribution in [-0.2, 0) is 0 Å². The Kier molecular flexibility index (Phi) is 1.96. The average molecular weight is 216 g/mol. The molecule has 0 unspecified atom stereocenters. The van der Waals surface area contributed by atoms with Crippen LogP contribution in [0.25, 0.3) is 0 Å². The number of hydrogen-bond acceptors (Lipinski definition) is 3. The van der Waals surface area contributed by atoms with Crippen LogP contribution >= 0.6 is 15.9 Å². The Labute approximate surface area is 70.2 Å². The van der Waals surface area contributed by atoms with Crippen LogP contribution in [0.15, 0.2) is 15.0 Å². The Morgan fingerprint density at radius 1 is 1.82 bits per heavy atom. The second-order valence-corrected chi connectivity index (χ2v) is 2.56. The van der Waals surface area contributed by atoms with E-state index in [1.54, 1.807) is 6.07 Å². The highest BCUT2D eigenvalue weighted by atomic mass is 79.9. The van der Waals surface area contributed by atoms with E-state index in [9.17, 15) is 4.79 Å². The lowest BCUT2D eigenvalue weighted by molar-refractivity contribution is 0.0662. The molecule has 0 aliphatic rings. The van der Waals surface area contributed by atoms with E-state index in [0.29, 0.717) is 4.47 Å². The molecule has 56 valence electrons. The molecule has 0 aromatic carbocycles. The van der Waals surface area contributed by atoms with Crippen LogP contribution in [-0.4, -0.2) is 11.1 Å². The van der Waals surface area contributed by atoms with E-state index >= 15 is 0 Å². The van der Waals surface area contributed by atoms with Crippen molar-refractivity contribution in [3.8, 4) is 6.07 Å². The largest absolute Gasteiger partial charge is 0.475 e. The molecule has 1 heterocycles. The lowest BCUT2D eigenvalue weighted by atomic mass is 10.4. The molecule has 0 saturated heterocycles. The van der Waals surface area contributed by atoms with Gasteiger partial charge in [0.05, 0.1) is 4.47 Å². The van der Waals surface area contributed by atoms with Crippen molar-refractivity contribution < 1.29 is 14.3 Å². The fraction of sp³-hybridized carbons (Fsp3) is 0. The van der Waals surface area contributed by atoms with E-state index in [1.807, 2.05) is 0 Å². The van der Waals surface area contributed by atoms with Crippen molar-refractivity contribution in [2.24, 2.45) is 0 Å². The molecule has 0 saturated carbocycles. The van der Waals surface area contributed by atoms with Gasteiger partial charge in [-0.2, -0.15) is 5.26 Å². The van der Waals surface area contributed by atoms with Gasteiger partial charge in [0.15, 0.2) is 0 Å². The number of carboxylic acid groups (broad SMARTS) is 1. The molecule has 1 rings (SSSR count). The first-order valence-electron chi connectivity index (χ1n) is 2.58. The zero-order valence-corrected chi connectivity index (χ0v) is 6.75. The maximum atomic E-state index is 10.3. The minimum Gasteiger partial charge on any atom is -0.475 e. The lowest BCUT2D eigenvalue weighted by Gasteiger charge is -1.80. The van der Waals surface area contributed by atoms with E-state index in [0.717, 1.165) is 0 Å². The molecule has 0 fully saturated rings. The molecule has 1 aromatic heterocycles. The first-order valence-corrected chi connectivity index (χ1v) is 3.37. The van der Waals surface area contributed by atoms with Crippen LogP contribution in [0.2, 0.25) is 0 Å². The summed E-state index contributed by atoms with van der Waals surface area (Å²) in [6.45, 7) is 0. The fourth-order valence-electron chi connectivity index (χ4n) is 0.550. The van der Waals surface area contributed by atoms with Gasteiger partial charge in [-0.15, -0.1) is 0 Å². The molecule has 0 aliphatic carbocycles. The number of carboxylic acids is 1. The lowest BCUT2D eigenvalue weighted by Crippen LogP contribution is -1.91. The number of halogens is 1. The van der Waals surface area contributed by atoms with Gasteiger partial charge in [0.2, 0.25) is 11.5 Å². The van der Waals surface area contributed by atoms with Gasteiger partial charge < -0.3 is 9.52 Å². The average Bonchev–Trinajstić information content (AvgIpc) is 2.31. The molecule has 11 heavy (non-hydrogen) atoms. The number of hydrogen-bond donors (Lipinski definition) is 1. The van der Waals surface area contributed by atoms with Crippen LogP contribution in [0, 0.1) is 11.3 Å². The zero-order valence-electron chi connectivity index (χ0n) is 5.17. The number of carbonyl (C=O) groups is 1. The molecule has 5 heteroatoms. The molecule has 1 N–H and O–H groups in total. The van der Waals surface area contributed by atoms with Crippen LogP contribution in [0.1, 0.15) is 16.3 Å². The predicted molar refractivity (Wildman–Crippen MR) is 38.1 cm³/mol. The van der Waals surface area contributed by atoms with Crippen LogP contribution in [0.4, 0.5) is 0 Å². The summed E-state index contributed by atoms with van der Waals surface area (Å²) in [7, 11) is 0. The molecule has 0 spiro atoms. The van der Waals surface area contributed by atoms with E-state index in [2.05, 4.69) is 20.3 Å². The van der Waals surface area contributed by atoms with Crippen molar-refractivity contribution in [2.45, 2.75) is 0 Å². The summed E-state index contributed by atoms with van der Waals surface area (Å²) in [5, 5.41) is 16.7. The highest BCUT2D eigenvalue weighted by Crippen LogP contribution is 2.20. The highest BCUT2D eigenvalue weighted by Gasteiger charge is 2.12. The maximum absolute atomic E-state index is 10.3. The van der Waals surface area contributed by atoms with Crippen molar-refractivity contribution in [1.82, 2.24) is 0 Å². The summed E-state index contributed by atoms with van der Waals surface area (Å²) in [6.07, 6.45) is 0. The van der Waals surface area contributed by atoms with Crippen molar-refractivity contribution in [2.75, 3.05) is 0 Å². The van der Waals surface area contributed by atoms with Gasteiger partial charge in [-0.05, 0) is 15.9 Å². The van der Waals surface area contributed by atoms with Crippen LogP contribution < -0.4 is 0 Å². The van der Waals surface area contributed by atoms with Gasteiger partial charge in [0.25, 0.3) is 0 Å². The second kappa shape index (κ2) is 2.76. The SMILES string of the molecule is N#Cc1oc(C(=O)O)cc1Br. The van der Waals surface area contributed by atoms with Crippen LogP contribution in [0.5, 0.6) is 0 Å². The number of nitrogens with zero attached hydrogens (tertiary/aromatic N) is 1. The normalized spacial score (nSPS) is 9.09. The Morgan fingerprint density at radius 3 is 2.73 bits per heavy atom. The van der Waals surface area contributed by atoms with Crippen molar-refractivity contribution >= 4 is 21.9 Å². The number of aromatic carboxylic acids is 1. The second-order valence-electron chi connectivity index (χ2n) is 1.70. The molecule has 4 nitrogen and oxygen atoms in total. The Balaban J connectivity index is 3.18. The van der Waals surface area contributed by atoms with Gasteiger partial charge in [-0.1, -0.05) is 0 Å². The van der Waals surface area contributed by atoms with Gasteiger partial charge in [-0.25, -0.2) is 4.79 Å². The standard InChI is InChI=1S/C6H2BrNO3/c7-3-1-4(6(9)10)11-5(3)2-8/h1H,(H,9,10). The molecular formula is C6H2BrNO3. The third kappa shape index (κ3) is 1.41. The van der Waals surface area contributed by atoms with E-state index in [1.165, 1.54) is 6.07 Å². The van der Waals surface area contributed by atoms with Crippen molar-refractivity contribution in [3.63, 3.8) is 0 Å². The van der Waals surface area contributed by atoms with Gasteiger partial charge in [-0.3, -0.25) is 0 Å². The van der Waals surface area contributed by atoms with E-state index in [-0.39, 0.29) is 11.5 Å². The summed E-state index contributed by atoms with van der Waals surface area (Å²) in [5.41, 5.74) is 0. The Hall–Kier alpha value is -1.28.